The van der Waals surface area contributed by atoms with E-state index in [1.807, 2.05) is 0 Å². The van der Waals surface area contributed by atoms with Crippen molar-refractivity contribution in [3.05, 3.63) is 0 Å². The Balaban J connectivity index is 1.56. The van der Waals surface area contributed by atoms with E-state index in [9.17, 15) is 0 Å². The average Bonchev–Trinajstić information content (AvgIpc) is 2.71. The Morgan fingerprint density at radius 3 is 1.00 bits per heavy atom. The standard InChI is InChI=1S/C20H40N2O7/c1(21-3-9-24-13-17-28-18-14-25-10-4-21)7-23-8-2-22-5-11-26-15-19-29-20-16-27-12-6-22/h1-20H2. The highest BCUT2D eigenvalue weighted by molar-refractivity contribution is 4.60. The predicted molar refractivity (Wildman–Crippen MR) is 109 cm³/mol. The van der Waals surface area contributed by atoms with Gasteiger partial charge in [0.25, 0.3) is 0 Å². The van der Waals surface area contributed by atoms with Crippen molar-refractivity contribution in [3.63, 3.8) is 0 Å². The van der Waals surface area contributed by atoms with Crippen LogP contribution in [0.4, 0.5) is 0 Å². The van der Waals surface area contributed by atoms with Gasteiger partial charge >= 0.3 is 0 Å². The van der Waals surface area contributed by atoms with Gasteiger partial charge in [0.1, 0.15) is 0 Å². The van der Waals surface area contributed by atoms with Gasteiger partial charge in [-0.15, -0.1) is 0 Å². The Morgan fingerprint density at radius 2 is 0.690 bits per heavy atom. The minimum absolute atomic E-state index is 0.632. The first kappa shape index (κ1) is 24.9. The van der Waals surface area contributed by atoms with Gasteiger partial charge in [-0.25, -0.2) is 0 Å². The first-order chi connectivity index (χ1) is 14.4. The molecule has 0 atom stereocenters. The summed E-state index contributed by atoms with van der Waals surface area (Å²) in [6.07, 6.45) is 0. The first-order valence-corrected chi connectivity index (χ1v) is 10.9. The third-order valence-corrected chi connectivity index (χ3v) is 4.80. The third-order valence-electron chi connectivity index (χ3n) is 4.80. The van der Waals surface area contributed by atoms with E-state index in [2.05, 4.69) is 9.80 Å². The molecule has 9 heteroatoms. The number of hydrogen-bond donors (Lipinski definition) is 0. The summed E-state index contributed by atoms with van der Waals surface area (Å²) in [7, 11) is 0. The summed E-state index contributed by atoms with van der Waals surface area (Å²) in [5, 5.41) is 0. The molecule has 0 unspecified atom stereocenters. The van der Waals surface area contributed by atoms with Crippen molar-refractivity contribution >= 4 is 0 Å². The molecule has 0 aromatic rings. The summed E-state index contributed by atoms with van der Waals surface area (Å²) in [6, 6.07) is 0. The number of nitrogens with zero attached hydrogens (tertiary/aromatic N) is 2. The molecule has 172 valence electrons. The van der Waals surface area contributed by atoms with Crippen LogP contribution in [0.5, 0.6) is 0 Å². The van der Waals surface area contributed by atoms with Gasteiger partial charge in [-0.3, -0.25) is 9.80 Å². The predicted octanol–water partition coefficient (Wildman–Crippen LogP) is -0.266. The molecule has 2 heterocycles. The molecule has 0 aromatic carbocycles. The highest BCUT2D eigenvalue weighted by atomic mass is 16.5. The number of ether oxygens (including phenoxy) is 7. The van der Waals surface area contributed by atoms with Crippen molar-refractivity contribution in [2.75, 3.05) is 132 Å². The van der Waals surface area contributed by atoms with Crippen molar-refractivity contribution in [1.82, 2.24) is 9.80 Å². The van der Waals surface area contributed by atoms with E-state index in [1.165, 1.54) is 0 Å². The van der Waals surface area contributed by atoms with Crippen LogP contribution in [0.3, 0.4) is 0 Å². The summed E-state index contributed by atoms with van der Waals surface area (Å²) in [5.74, 6) is 0. The molecule has 2 fully saturated rings. The van der Waals surface area contributed by atoms with Gasteiger partial charge in [0, 0.05) is 39.3 Å². The summed E-state index contributed by atoms with van der Waals surface area (Å²) in [4.78, 5) is 4.67. The van der Waals surface area contributed by atoms with E-state index in [4.69, 9.17) is 33.2 Å². The minimum atomic E-state index is 0.632. The molecule has 0 spiro atoms. The van der Waals surface area contributed by atoms with Crippen LogP contribution in [0.2, 0.25) is 0 Å². The van der Waals surface area contributed by atoms with Crippen LogP contribution in [0.15, 0.2) is 0 Å². The Morgan fingerprint density at radius 1 is 0.414 bits per heavy atom. The molecule has 2 aliphatic heterocycles. The minimum Gasteiger partial charge on any atom is -0.379 e. The lowest BCUT2D eigenvalue weighted by atomic mass is 10.4. The molecule has 0 N–H and O–H groups in total. The van der Waals surface area contributed by atoms with Crippen molar-refractivity contribution in [2.45, 2.75) is 0 Å². The van der Waals surface area contributed by atoms with E-state index < -0.39 is 0 Å². The molecule has 0 aromatic heterocycles. The lowest BCUT2D eigenvalue weighted by Gasteiger charge is -2.24. The fourth-order valence-electron chi connectivity index (χ4n) is 3.02. The molecule has 0 radical (unpaired) electrons. The molecular formula is C20H40N2O7. The van der Waals surface area contributed by atoms with E-state index in [-0.39, 0.29) is 0 Å². The Labute approximate surface area is 175 Å². The number of rotatable bonds is 6. The lowest BCUT2D eigenvalue weighted by molar-refractivity contribution is -0.0144. The second-order valence-corrected chi connectivity index (χ2v) is 6.97. The molecule has 9 nitrogen and oxygen atoms in total. The molecule has 29 heavy (non-hydrogen) atoms. The zero-order chi connectivity index (χ0) is 20.2. The maximum atomic E-state index is 5.90. The molecule has 0 amide bonds. The van der Waals surface area contributed by atoms with Crippen molar-refractivity contribution in [3.8, 4) is 0 Å². The summed E-state index contributed by atoms with van der Waals surface area (Å²) < 4.78 is 39.2. The fraction of sp³-hybridized carbons (Fsp3) is 1.00. The monoisotopic (exact) mass is 420 g/mol. The highest BCUT2D eigenvalue weighted by Crippen LogP contribution is 1.96. The largest absolute Gasteiger partial charge is 0.379 e. The Bertz CT molecular complexity index is 310. The summed E-state index contributed by atoms with van der Waals surface area (Å²) in [6.45, 7) is 14.7. The van der Waals surface area contributed by atoms with E-state index in [1.54, 1.807) is 0 Å². The molecule has 0 saturated carbocycles. The number of hydrogen-bond acceptors (Lipinski definition) is 9. The van der Waals surface area contributed by atoms with Crippen LogP contribution in [0.1, 0.15) is 0 Å². The van der Waals surface area contributed by atoms with Crippen LogP contribution >= 0.6 is 0 Å². The van der Waals surface area contributed by atoms with Gasteiger partial charge in [-0.1, -0.05) is 0 Å². The SMILES string of the molecule is C1COCCN(CCOCCN2CCOCCOCCOCC2)CCOCCO1. The van der Waals surface area contributed by atoms with Crippen LogP contribution in [-0.4, -0.2) is 142 Å². The van der Waals surface area contributed by atoms with Crippen LogP contribution in [0.25, 0.3) is 0 Å². The normalized spacial score (nSPS) is 24.0. The van der Waals surface area contributed by atoms with Gasteiger partial charge < -0.3 is 33.2 Å². The summed E-state index contributed by atoms with van der Waals surface area (Å²) in [5.41, 5.74) is 0. The Kier molecular flexibility index (Phi) is 15.8. The second-order valence-electron chi connectivity index (χ2n) is 6.97. The van der Waals surface area contributed by atoms with Crippen molar-refractivity contribution in [2.24, 2.45) is 0 Å². The van der Waals surface area contributed by atoms with Crippen molar-refractivity contribution < 1.29 is 33.2 Å². The maximum absolute atomic E-state index is 5.90. The average molecular weight is 421 g/mol. The van der Waals surface area contributed by atoms with Gasteiger partial charge in [0.05, 0.1) is 92.5 Å². The summed E-state index contributed by atoms with van der Waals surface area (Å²) >= 11 is 0. The second kappa shape index (κ2) is 18.4. The van der Waals surface area contributed by atoms with Crippen LogP contribution in [0, 0.1) is 0 Å². The first-order valence-electron chi connectivity index (χ1n) is 10.9. The quantitative estimate of drug-likeness (QED) is 0.540. The molecule has 0 aliphatic carbocycles. The zero-order valence-corrected chi connectivity index (χ0v) is 17.9. The van der Waals surface area contributed by atoms with Crippen LogP contribution in [-0.2, 0) is 33.2 Å². The molecule has 2 rings (SSSR count). The van der Waals surface area contributed by atoms with Crippen molar-refractivity contribution in [1.29, 1.82) is 0 Å². The van der Waals surface area contributed by atoms with Gasteiger partial charge in [-0.05, 0) is 0 Å². The topological polar surface area (TPSA) is 71.1 Å². The smallest absolute Gasteiger partial charge is 0.0701 e. The zero-order valence-electron chi connectivity index (χ0n) is 17.9. The molecule has 2 aliphatic rings. The maximum Gasteiger partial charge on any atom is 0.0701 e. The third kappa shape index (κ3) is 14.3. The van der Waals surface area contributed by atoms with E-state index >= 15 is 0 Å². The Hall–Kier alpha value is -0.360. The molecule has 0 bridgehead atoms. The molecule has 2 saturated heterocycles. The lowest BCUT2D eigenvalue weighted by Crippen LogP contribution is -2.36. The van der Waals surface area contributed by atoms with E-state index in [0.29, 0.717) is 92.5 Å². The van der Waals surface area contributed by atoms with E-state index in [0.717, 1.165) is 39.3 Å². The van der Waals surface area contributed by atoms with Gasteiger partial charge in [0.15, 0.2) is 0 Å². The van der Waals surface area contributed by atoms with Crippen LogP contribution < -0.4 is 0 Å². The fourth-order valence-corrected chi connectivity index (χ4v) is 3.02. The van der Waals surface area contributed by atoms with Gasteiger partial charge in [-0.2, -0.15) is 0 Å². The highest BCUT2D eigenvalue weighted by Gasteiger charge is 2.09. The van der Waals surface area contributed by atoms with Gasteiger partial charge in [0.2, 0.25) is 0 Å². The molecular weight excluding hydrogens is 380 g/mol.